The number of fused-ring (bicyclic) bond motifs is 1. The molecule has 8 nitrogen and oxygen atoms in total. The highest BCUT2D eigenvalue weighted by atomic mass is 16.5. The molecule has 6 rings (SSSR count). The number of amides is 1. The number of hydrogen-bond donors (Lipinski definition) is 2. The van der Waals surface area contributed by atoms with E-state index < -0.39 is 0 Å². The molecule has 3 aliphatic heterocycles. The van der Waals surface area contributed by atoms with Gasteiger partial charge < -0.3 is 25.2 Å². The molecular weight excluding hydrogens is 464 g/mol. The molecule has 2 saturated heterocycles. The first-order valence-corrected chi connectivity index (χ1v) is 12.8. The lowest BCUT2D eigenvalue weighted by Gasteiger charge is -2.33. The van der Waals surface area contributed by atoms with E-state index in [0.29, 0.717) is 23.6 Å². The van der Waals surface area contributed by atoms with Crippen LogP contribution in [0.25, 0.3) is 11.1 Å². The van der Waals surface area contributed by atoms with Crippen LogP contribution >= 0.6 is 0 Å². The van der Waals surface area contributed by atoms with E-state index in [1.54, 1.807) is 6.20 Å². The molecule has 0 unspecified atom stereocenters. The first-order chi connectivity index (χ1) is 18.1. The van der Waals surface area contributed by atoms with Crippen LogP contribution in [0.2, 0.25) is 0 Å². The molecule has 2 N–H and O–H groups in total. The quantitative estimate of drug-likeness (QED) is 0.538. The highest BCUT2D eigenvalue weighted by molar-refractivity contribution is 6.06. The molecule has 3 aromatic rings. The molecule has 0 aliphatic carbocycles. The van der Waals surface area contributed by atoms with Crippen LogP contribution in [-0.2, 0) is 11.3 Å². The number of benzene rings is 1. The fraction of sp³-hybridized carbons (Fsp3) is 0.345. The lowest BCUT2D eigenvalue weighted by atomic mass is 9.95. The number of nitrogens with one attached hydrogen (secondary N) is 2. The number of carbonyl (C=O) groups excluding carboxylic acids is 1. The van der Waals surface area contributed by atoms with Gasteiger partial charge in [-0.3, -0.25) is 4.79 Å². The summed E-state index contributed by atoms with van der Waals surface area (Å²) in [7, 11) is 2.15. The topological polar surface area (TPSA) is 82.6 Å². The summed E-state index contributed by atoms with van der Waals surface area (Å²) in [5.41, 5.74) is 6.18. The van der Waals surface area contributed by atoms with Crippen LogP contribution in [0, 0.1) is 11.8 Å². The van der Waals surface area contributed by atoms with E-state index in [-0.39, 0.29) is 12.0 Å². The molecule has 5 heterocycles. The van der Waals surface area contributed by atoms with Crippen molar-refractivity contribution in [1.29, 1.82) is 0 Å². The second-order valence-corrected chi connectivity index (χ2v) is 9.71. The molecule has 0 spiro atoms. The molecule has 0 radical (unpaired) electrons. The molecule has 1 amide bonds. The summed E-state index contributed by atoms with van der Waals surface area (Å²) in [4.78, 5) is 26.6. The number of pyridine rings is 2. The second kappa shape index (κ2) is 10.2. The summed E-state index contributed by atoms with van der Waals surface area (Å²) in [5, 5.41) is 6.35. The molecule has 3 aliphatic rings. The number of hydrogen-bond acceptors (Lipinski definition) is 7. The predicted octanol–water partition coefficient (Wildman–Crippen LogP) is 3.41. The van der Waals surface area contributed by atoms with E-state index in [0.717, 1.165) is 73.7 Å². The highest BCUT2D eigenvalue weighted by Gasteiger charge is 2.26. The Hall–Kier alpha value is -3.93. The van der Waals surface area contributed by atoms with Gasteiger partial charge in [-0.2, -0.15) is 0 Å². The van der Waals surface area contributed by atoms with E-state index >= 15 is 0 Å². The zero-order chi connectivity index (χ0) is 25.2. The molecule has 0 saturated carbocycles. The van der Waals surface area contributed by atoms with Gasteiger partial charge in [-0.15, -0.1) is 0 Å². The van der Waals surface area contributed by atoms with E-state index in [2.05, 4.69) is 55.4 Å². The second-order valence-electron chi connectivity index (χ2n) is 9.71. The standard InChI is InChI=1S/C29H30N6O2/c1-34-12-14-35(15-13-34)22-5-9-27(31-18-22)33-26-8-7-24(25-19-32-29(36)28(25)26)20-10-11-30-21(17-20)4-6-23-3-2-16-37-23/h5,7-11,17-18,23H,2-3,12-16,19H2,1H3,(H,31,33)(H,32,36)/t23-/m1/s1. The van der Waals surface area contributed by atoms with Crippen LogP contribution in [0.3, 0.4) is 0 Å². The maximum Gasteiger partial charge on any atom is 0.254 e. The smallest absolute Gasteiger partial charge is 0.254 e. The van der Waals surface area contributed by atoms with Crippen LogP contribution in [0.15, 0.2) is 48.8 Å². The molecule has 1 aromatic carbocycles. The Kier molecular flexibility index (Phi) is 6.47. The molecule has 1 atom stereocenters. The lowest BCUT2D eigenvalue weighted by molar-refractivity contribution is 0.0966. The van der Waals surface area contributed by atoms with E-state index in [1.807, 2.05) is 36.5 Å². The fourth-order valence-electron chi connectivity index (χ4n) is 5.08. The molecule has 0 bridgehead atoms. The normalized spacial score (nSPS) is 19.2. The van der Waals surface area contributed by atoms with Gasteiger partial charge in [-0.05, 0) is 72.8 Å². The van der Waals surface area contributed by atoms with Crippen molar-refractivity contribution in [2.75, 3.05) is 50.1 Å². The molecule has 188 valence electrons. The van der Waals surface area contributed by atoms with Gasteiger partial charge in [0.25, 0.3) is 5.91 Å². The van der Waals surface area contributed by atoms with Crippen molar-refractivity contribution in [1.82, 2.24) is 20.2 Å². The fourth-order valence-corrected chi connectivity index (χ4v) is 5.08. The molecule has 2 fully saturated rings. The lowest BCUT2D eigenvalue weighted by Crippen LogP contribution is -2.44. The third kappa shape index (κ3) is 5.01. The first-order valence-electron chi connectivity index (χ1n) is 12.8. The van der Waals surface area contributed by atoms with Gasteiger partial charge in [0.15, 0.2) is 0 Å². The molecule has 37 heavy (non-hydrogen) atoms. The Labute approximate surface area is 217 Å². The van der Waals surface area contributed by atoms with Crippen molar-refractivity contribution >= 4 is 23.1 Å². The number of nitrogens with zero attached hydrogens (tertiary/aromatic N) is 4. The van der Waals surface area contributed by atoms with Crippen LogP contribution in [0.4, 0.5) is 17.2 Å². The number of piperazine rings is 1. The number of ether oxygens (including phenoxy) is 1. The molecule has 2 aromatic heterocycles. The minimum atomic E-state index is -0.0825. The number of aromatic nitrogens is 2. The van der Waals surface area contributed by atoms with Crippen molar-refractivity contribution in [2.24, 2.45) is 0 Å². The predicted molar refractivity (Wildman–Crippen MR) is 144 cm³/mol. The van der Waals surface area contributed by atoms with Crippen LogP contribution < -0.4 is 15.5 Å². The van der Waals surface area contributed by atoms with E-state index in [9.17, 15) is 4.79 Å². The minimum Gasteiger partial charge on any atom is -0.368 e. The average molecular weight is 495 g/mol. The van der Waals surface area contributed by atoms with Gasteiger partial charge in [0, 0.05) is 45.5 Å². The van der Waals surface area contributed by atoms with Crippen LogP contribution in [0.1, 0.15) is 34.5 Å². The van der Waals surface area contributed by atoms with Gasteiger partial charge >= 0.3 is 0 Å². The van der Waals surface area contributed by atoms with E-state index in [1.165, 1.54) is 0 Å². The summed E-state index contributed by atoms with van der Waals surface area (Å²) in [6.45, 7) is 5.35. The van der Waals surface area contributed by atoms with Crippen molar-refractivity contribution in [3.63, 3.8) is 0 Å². The van der Waals surface area contributed by atoms with Crippen molar-refractivity contribution in [3.8, 4) is 23.0 Å². The van der Waals surface area contributed by atoms with Gasteiger partial charge in [-0.1, -0.05) is 12.0 Å². The molecule has 8 heteroatoms. The Morgan fingerprint density at radius 2 is 2.00 bits per heavy atom. The van der Waals surface area contributed by atoms with E-state index in [4.69, 9.17) is 4.74 Å². The van der Waals surface area contributed by atoms with Gasteiger partial charge in [-0.25, -0.2) is 9.97 Å². The maximum absolute atomic E-state index is 12.8. The Morgan fingerprint density at radius 1 is 1.11 bits per heavy atom. The Balaban J connectivity index is 1.24. The van der Waals surface area contributed by atoms with Crippen molar-refractivity contribution in [2.45, 2.75) is 25.5 Å². The SMILES string of the molecule is CN1CCN(c2ccc(Nc3ccc(-c4ccnc(C#C[C@H]5CCCO5)c4)c4c3C(=O)NC4)nc2)CC1. The summed E-state index contributed by atoms with van der Waals surface area (Å²) in [6.07, 6.45) is 5.68. The van der Waals surface area contributed by atoms with Crippen molar-refractivity contribution < 1.29 is 9.53 Å². The summed E-state index contributed by atoms with van der Waals surface area (Å²) < 4.78 is 5.60. The van der Waals surface area contributed by atoms with Crippen LogP contribution in [0.5, 0.6) is 0 Å². The third-order valence-corrected chi connectivity index (χ3v) is 7.21. The Morgan fingerprint density at radius 3 is 2.78 bits per heavy atom. The largest absolute Gasteiger partial charge is 0.368 e. The highest BCUT2D eigenvalue weighted by Crippen LogP contribution is 2.35. The summed E-state index contributed by atoms with van der Waals surface area (Å²) in [5.74, 6) is 6.96. The number of likely N-dealkylation sites (N-methyl/N-ethyl adjacent to an activating group) is 1. The zero-order valence-electron chi connectivity index (χ0n) is 21.0. The van der Waals surface area contributed by atoms with Crippen LogP contribution in [-0.4, -0.2) is 66.7 Å². The minimum absolute atomic E-state index is 0.00823. The summed E-state index contributed by atoms with van der Waals surface area (Å²) >= 11 is 0. The van der Waals surface area contributed by atoms with Crippen molar-refractivity contribution in [3.05, 3.63) is 65.6 Å². The first kappa shape index (κ1) is 23.5. The third-order valence-electron chi connectivity index (χ3n) is 7.21. The summed E-state index contributed by atoms with van der Waals surface area (Å²) in [6, 6.07) is 12.0. The zero-order valence-corrected chi connectivity index (χ0v) is 21.0. The number of carbonyl (C=O) groups is 1. The number of rotatable bonds is 4. The van der Waals surface area contributed by atoms with Gasteiger partial charge in [0.1, 0.15) is 17.6 Å². The number of anilines is 3. The maximum atomic E-state index is 12.8. The van der Waals surface area contributed by atoms with Gasteiger partial charge in [0.2, 0.25) is 0 Å². The average Bonchev–Trinajstić information content (AvgIpc) is 3.59. The van der Waals surface area contributed by atoms with Gasteiger partial charge in [0.05, 0.1) is 23.1 Å². The molecular formula is C29H30N6O2. The Bertz CT molecular complexity index is 1360. The monoisotopic (exact) mass is 494 g/mol.